The summed E-state index contributed by atoms with van der Waals surface area (Å²) in [5.74, 6) is -0.822. The van der Waals surface area contributed by atoms with Gasteiger partial charge in [-0.3, -0.25) is 9.59 Å². The summed E-state index contributed by atoms with van der Waals surface area (Å²) in [6.45, 7) is 2.61. The molecule has 1 N–H and O–H groups in total. The topological polar surface area (TPSA) is 84.4 Å². The average Bonchev–Trinajstić information content (AvgIpc) is 2.74. The molecule has 0 radical (unpaired) electrons. The first-order chi connectivity index (χ1) is 14.2. The molecule has 1 aliphatic rings. The molecular weight excluding hydrogens is 401 g/mol. The second-order valence-corrected chi connectivity index (χ2v) is 6.95. The van der Waals surface area contributed by atoms with Gasteiger partial charge in [-0.15, -0.1) is 0 Å². The number of piperidine rings is 1. The summed E-state index contributed by atoms with van der Waals surface area (Å²) in [6, 6.07) is 5.77. The van der Waals surface area contributed by atoms with E-state index in [9.17, 15) is 22.8 Å². The Morgan fingerprint density at radius 2 is 1.73 bits per heavy atom. The number of ether oxygens (including phenoxy) is 1. The molecule has 1 aromatic heterocycles. The molecular formula is C20H21F3N4O3. The van der Waals surface area contributed by atoms with Gasteiger partial charge in [-0.1, -0.05) is 0 Å². The van der Waals surface area contributed by atoms with E-state index in [1.165, 1.54) is 6.92 Å². The van der Waals surface area contributed by atoms with Gasteiger partial charge in [-0.05, 0) is 50.1 Å². The first kappa shape index (κ1) is 21.5. The Morgan fingerprint density at radius 3 is 2.30 bits per heavy atom. The van der Waals surface area contributed by atoms with Crippen molar-refractivity contribution in [2.24, 2.45) is 5.92 Å². The van der Waals surface area contributed by atoms with Gasteiger partial charge in [-0.2, -0.15) is 13.2 Å². The van der Waals surface area contributed by atoms with E-state index in [1.807, 2.05) is 4.90 Å². The van der Waals surface area contributed by atoms with Crippen molar-refractivity contribution in [1.29, 1.82) is 0 Å². The number of rotatable bonds is 5. The minimum Gasteiger partial charge on any atom is -0.452 e. The van der Waals surface area contributed by atoms with E-state index in [-0.39, 0.29) is 11.6 Å². The van der Waals surface area contributed by atoms with Crippen LogP contribution >= 0.6 is 0 Å². The molecule has 0 bridgehead atoms. The SMILES string of the molecule is CC(OC(=O)C1CCN(c2ncccn2)CC1)C(=O)Nc1ccc(C(F)(F)F)cc1. The second-order valence-electron chi connectivity index (χ2n) is 6.95. The highest BCUT2D eigenvalue weighted by Gasteiger charge is 2.31. The Labute approximate surface area is 171 Å². The molecule has 10 heteroatoms. The molecule has 3 rings (SSSR count). The maximum atomic E-state index is 12.6. The monoisotopic (exact) mass is 422 g/mol. The number of hydrogen-bond donors (Lipinski definition) is 1. The van der Waals surface area contributed by atoms with Crippen LogP contribution in [0.3, 0.4) is 0 Å². The third kappa shape index (κ3) is 5.46. The van der Waals surface area contributed by atoms with Gasteiger partial charge in [0.15, 0.2) is 6.10 Å². The summed E-state index contributed by atoms with van der Waals surface area (Å²) in [7, 11) is 0. The largest absolute Gasteiger partial charge is 0.452 e. The highest BCUT2D eigenvalue weighted by molar-refractivity contribution is 5.95. The third-order valence-electron chi connectivity index (χ3n) is 4.81. The maximum absolute atomic E-state index is 12.6. The van der Waals surface area contributed by atoms with Gasteiger partial charge in [0.25, 0.3) is 5.91 Å². The Kier molecular flexibility index (Phi) is 6.53. The van der Waals surface area contributed by atoms with Crippen LogP contribution < -0.4 is 10.2 Å². The van der Waals surface area contributed by atoms with E-state index in [2.05, 4.69) is 15.3 Å². The molecule has 0 saturated carbocycles. The van der Waals surface area contributed by atoms with Crippen molar-refractivity contribution in [2.45, 2.75) is 32.0 Å². The lowest BCUT2D eigenvalue weighted by Crippen LogP contribution is -2.39. The van der Waals surface area contributed by atoms with Crippen LogP contribution in [0.4, 0.5) is 24.8 Å². The number of nitrogens with one attached hydrogen (secondary N) is 1. The first-order valence-corrected chi connectivity index (χ1v) is 9.44. The number of esters is 1. The van der Waals surface area contributed by atoms with Crippen LogP contribution in [0.25, 0.3) is 0 Å². The van der Waals surface area contributed by atoms with Gasteiger partial charge in [-0.25, -0.2) is 9.97 Å². The van der Waals surface area contributed by atoms with Crippen molar-refractivity contribution in [1.82, 2.24) is 9.97 Å². The van der Waals surface area contributed by atoms with Crippen molar-refractivity contribution in [2.75, 3.05) is 23.3 Å². The Bertz CT molecular complexity index is 867. The average molecular weight is 422 g/mol. The normalized spacial score (nSPS) is 16.1. The number of hydrogen-bond acceptors (Lipinski definition) is 6. The van der Waals surface area contributed by atoms with Gasteiger partial charge < -0.3 is 15.0 Å². The van der Waals surface area contributed by atoms with E-state index in [0.29, 0.717) is 31.9 Å². The fraction of sp³-hybridized carbons (Fsp3) is 0.400. The van der Waals surface area contributed by atoms with Gasteiger partial charge in [0.1, 0.15) is 0 Å². The van der Waals surface area contributed by atoms with Crippen LogP contribution in [0.1, 0.15) is 25.3 Å². The number of benzene rings is 1. The highest BCUT2D eigenvalue weighted by Crippen LogP contribution is 2.30. The number of aromatic nitrogens is 2. The van der Waals surface area contributed by atoms with Gasteiger partial charge >= 0.3 is 12.1 Å². The number of amides is 1. The summed E-state index contributed by atoms with van der Waals surface area (Å²) in [5.41, 5.74) is -0.626. The lowest BCUT2D eigenvalue weighted by Gasteiger charge is -2.31. The lowest BCUT2D eigenvalue weighted by molar-refractivity contribution is -0.158. The van der Waals surface area contributed by atoms with Crippen LogP contribution in [-0.4, -0.2) is 41.0 Å². The molecule has 1 aliphatic heterocycles. The Morgan fingerprint density at radius 1 is 1.13 bits per heavy atom. The first-order valence-electron chi connectivity index (χ1n) is 9.44. The van der Waals surface area contributed by atoms with E-state index < -0.39 is 29.7 Å². The third-order valence-corrected chi connectivity index (χ3v) is 4.81. The number of anilines is 2. The molecule has 30 heavy (non-hydrogen) atoms. The van der Waals surface area contributed by atoms with Gasteiger partial charge in [0.05, 0.1) is 11.5 Å². The van der Waals surface area contributed by atoms with Gasteiger partial charge in [0.2, 0.25) is 5.95 Å². The van der Waals surface area contributed by atoms with Crippen LogP contribution in [-0.2, 0) is 20.5 Å². The molecule has 0 aliphatic carbocycles. The molecule has 1 aromatic carbocycles. The fourth-order valence-corrected chi connectivity index (χ4v) is 3.08. The standard InChI is InChI=1S/C20H21F3N4O3/c1-13(17(28)26-16-5-3-15(4-6-16)20(21,22)23)30-18(29)14-7-11-27(12-8-14)19-24-9-2-10-25-19/h2-6,9-10,13-14H,7-8,11-12H2,1H3,(H,26,28). The minimum absolute atomic E-state index is 0.187. The fourth-order valence-electron chi connectivity index (χ4n) is 3.08. The van der Waals surface area contributed by atoms with Crippen molar-refractivity contribution >= 4 is 23.5 Å². The van der Waals surface area contributed by atoms with E-state index >= 15 is 0 Å². The van der Waals surface area contributed by atoms with Crippen LogP contribution in [0, 0.1) is 5.92 Å². The second kappa shape index (κ2) is 9.10. The summed E-state index contributed by atoms with van der Waals surface area (Å²) in [4.78, 5) is 34.9. The van der Waals surface area contributed by atoms with Gasteiger partial charge in [0, 0.05) is 31.2 Å². The quantitative estimate of drug-likeness (QED) is 0.745. The van der Waals surface area contributed by atoms with Crippen LogP contribution in [0.15, 0.2) is 42.7 Å². The summed E-state index contributed by atoms with van der Waals surface area (Å²) in [6.07, 6.45) is -1.13. The van der Waals surface area contributed by atoms with Crippen molar-refractivity contribution < 1.29 is 27.5 Å². The lowest BCUT2D eigenvalue weighted by atomic mass is 9.97. The van der Waals surface area contributed by atoms with E-state index in [0.717, 1.165) is 24.3 Å². The van der Waals surface area contributed by atoms with Crippen LogP contribution in [0.5, 0.6) is 0 Å². The van der Waals surface area contributed by atoms with Crippen molar-refractivity contribution in [3.8, 4) is 0 Å². The molecule has 1 unspecified atom stereocenters. The minimum atomic E-state index is -4.45. The summed E-state index contributed by atoms with van der Waals surface area (Å²) < 4.78 is 43.1. The molecule has 1 saturated heterocycles. The molecule has 1 amide bonds. The molecule has 160 valence electrons. The molecule has 0 spiro atoms. The zero-order valence-corrected chi connectivity index (χ0v) is 16.2. The molecule has 2 aromatic rings. The smallest absolute Gasteiger partial charge is 0.416 e. The summed E-state index contributed by atoms with van der Waals surface area (Å²) >= 11 is 0. The molecule has 1 fully saturated rings. The summed E-state index contributed by atoms with van der Waals surface area (Å²) in [5, 5.41) is 2.45. The Balaban J connectivity index is 1.47. The van der Waals surface area contributed by atoms with Crippen molar-refractivity contribution in [3.63, 3.8) is 0 Å². The molecule has 1 atom stereocenters. The predicted molar refractivity (Wildman–Crippen MR) is 103 cm³/mol. The zero-order chi connectivity index (χ0) is 21.7. The number of carbonyl (C=O) groups is 2. The maximum Gasteiger partial charge on any atom is 0.416 e. The zero-order valence-electron chi connectivity index (χ0n) is 16.2. The predicted octanol–water partition coefficient (Wildman–Crippen LogP) is 3.28. The van der Waals surface area contributed by atoms with E-state index in [4.69, 9.17) is 4.74 Å². The highest BCUT2D eigenvalue weighted by atomic mass is 19.4. The number of carbonyl (C=O) groups excluding carboxylic acids is 2. The van der Waals surface area contributed by atoms with Crippen molar-refractivity contribution in [3.05, 3.63) is 48.3 Å². The molecule has 7 nitrogen and oxygen atoms in total. The number of halogens is 3. The number of nitrogens with zero attached hydrogens (tertiary/aromatic N) is 3. The number of alkyl halides is 3. The molecule has 2 heterocycles. The Hall–Kier alpha value is -3.17. The van der Waals surface area contributed by atoms with Crippen LogP contribution in [0.2, 0.25) is 0 Å². The van der Waals surface area contributed by atoms with E-state index in [1.54, 1.807) is 18.5 Å².